The van der Waals surface area contributed by atoms with Gasteiger partial charge in [-0.25, -0.2) is 0 Å². The fourth-order valence-electron chi connectivity index (χ4n) is 4.98. The van der Waals surface area contributed by atoms with Gasteiger partial charge in [-0.05, 0) is 0 Å². The maximum atomic E-state index is 2.44. The summed E-state index contributed by atoms with van der Waals surface area (Å²) in [6, 6.07) is 9.68. The van der Waals surface area contributed by atoms with Gasteiger partial charge in [0.05, 0.1) is 0 Å². The van der Waals surface area contributed by atoms with Crippen LogP contribution in [0.4, 0.5) is 0 Å². The van der Waals surface area contributed by atoms with Crippen molar-refractivity contribution >= 4 is 37.2 Å². The van der Waals surface area contributed by atoms with E-state index in [1.807, 2.05) is 22.7 Å². The fraction of sp³-hybridized carbons (Fsp3) is 0.625. The van der Waals surface area contributed by atoms with E-state index in [4.69, 9.17) is 0 Å². The summed E-state index contributed by atoms with van der Waals surface area (Å²) in [5.74, 6) is 0. The minimum absolute atomic E-state index is 0.456. The van der Waals surface area contributed by atoms with Gasteiger partial charge < -0.3 is 0 Å². The Kier molecular flexibility index (Phi) is 14.7. The molecule has 0 spiro atoms. The molecule has 0 amide bonds. The number of unbranched alkanes of at least 4 members (excludes halogenated alkanes) is 14. The monoisotopic (exact) mass is 576 g/mol. The van der Waals surface area contributed by atoms with Crippen molar-refractivity contribution in [1.82, 2.24) is 0 Å². The van der Waals surface area contributed by atoms with Crippen molar-refractivity contribution in [3.8, 4) is 18.6 Å². The maximum absolute atomic E-state index is 2.44. The molecule has 0 radical (unpaired) electrons. The Hall–Kier alpha value is -0.601. The van der Waals surface area contributed by atoms with Crippen molar-refractivity contribution in [2.75, 3.05) is 0 Å². The Balaban J connectivity index is 1.44. The van der Waals surface area contributed by atoms with E-state index in [9.17, 15) is 0 Å². The van der Waals surface area contributed by atoms with E-state index in [-0.39, 0.29) is 0 Å². The predicted molar refractivity (Wildman–Crippen MR) is 163 cm³/mol. The van der Waals surface area contributed by atoms with Crippen LogP contribution in [0.1, 0.15) is 128 Å². The van der Waals surface area contributed by atoms with E-state index in [0.29, 0.717) is 14.5 Å². The number of hydrogen-bond donors (Lipinski definition) is 0. The molecule has 194 valence electrons. The Morgan fingerprint density at radius 2 is 0.857 bits per heavy atom. The zero-order valence-electron chi connectivity index (χ0n) is 22.4. The van der Waals surface area contributed by atoms with Gasteiger partial charge in [-0.15, -0.1) is 0 Å². The van der Waals surface area contributed by atoms with Gasteiger partial charge in [-0.3, -0.25) is 0 Å². The second-order valence-corrected chi connectivity index (χ2v) is 14.3. The molecule has 0 aliphatic rings. The second kappa shape index (κ2) is 17.8. The molecule has 3 aromatic heterocycles. The van der Waals surface area contributed by atoms with Crippen LogP contribution < -0.4 is 0 Å². The van der Waals surface area contributed by atoms with Crippen molar-refractivity contribution in [3.63, 3.8) is 0 Å². The summed E-state index contributed by atoms with van der Waals surface area (Å²) in [5.41, 5.74) is 3.21. The van der Waals surface area contributed by atoms with Crippen LogP contribution in [0.25, 0.3) is 18.6 Å². The Morgan fingerprint density at radius 1 is 0.486 bits per heavy atom. The van der Waals surface area contributed by atoms with Crippen molar-refractivity contribution in [2.45, 2.75) is 129 Å². The molecule has 0 unspecified atom stereocenters. The number of thiophene rings is 2. The first kappa shape index (κ1) is 29.0. The van der Waals surface area contributed by atoms with Crippen molar-refractivity contribution in [3.05, 3.63) is 46.2 Å². The van der Waals surface area contributed by atoms with E-state index in [1.54, 1.807) is 29.8 Å². The van der Waals surface area contributed by atoms with Crippen LogP contribution in [-0.2, 0) is 12.8 Å². The van der Waals surface area contributed by atoms with Gasteiger partial charge in [-0.2, -0.15) is 0 Å². The number of rotatable bonds is 20. The third-order valence-corrected chi connectivity index (χ3v) is 12.1. The van der Waals surface area contributed by atoms with Gasteiger partial charge in [-0.1, -0.05) is 13.8 Å². The number of aryl methyl sites for hydroxylation is 2. The fourth-order valence-corrected chi connectivity index (χ4v) is 9.77. The van der Waals surface area contributed by atoms with Crippen LogP contribution in [-0.4, -0.2) is 14.5 Å². The van der Waals surface area contributed by atoms with E-state index in [0.717, 1.165) is 0 Å². The first-order valence-electron chi connectivity index (χ1n) is 14.6. The molecule has 0 fully saturated rings. The molecule has 0 aliphatic carbocycles. The Bertz CT molecular complexity index is 843. The van der Waals surface area contributed by atoms with Crippen LogP contribution in [0.3, 0.4) is 0 Å². The molecular weight excluding hydrogens is 527 g/mol. The zero-order valence-corrected chi connectivity index (χ0v) is 25.8. The van der Waals surface area contributed by atoms with Gasteiger partial charge >= 0.3 is 218 Å². The molecule has 3 heterocycles. The summed E-state index contributed by atoms with van der Waals surface area (Å²) in [5, 5.41) is 4.65. The van der Waals surface area contributed by atoms with E-state index >= 15 is 0 Å². The van der Waals surface area contributed by atoms with Gasteiger partial charge in [0.1, 0.15) is 0 Å². The molecule has 3 aromatic rings. The summed E-state index contributed by atoms with van der Waals surface area (Å²) >= 11 is 4.40. The Labute approximate surface area is 230 Å². The minimum atomic E-state index is 0.456. The van der Waals surface area contributed by atoms with Crippen LogP contribution in [0.15, 0.2) is 35.0 Å². The second-order valence-electron chi connectivity index (χ2n) is 10.2. The van der Waals surface area contributed by atoms with Gasteiger partial charge in [0.25, 0.3) is 0 Å². The molecule has 35 heavy (non-hydrogen) atoms. The first-order valence-corrected chi connectivity index (χ1v) is 18.0. The Morgan fingerprint density at radius 3 is 1.26 bits per heavy atom. The summed E-state index contributed by atoms with van der Waals surface area (Å²) < 4.78 is 3.23. The molecule has 3 heteroatoms. The molecule has 3 rings (SSSR count). The quantitative estimate of drug-likeness (QED) is 0.0928. The molecule has 0 N–H and O–H groups in total. The van der Waals surface area contributed by atoms with Crippen LogP contribution >= 0.6 is 22.7 Å². The van der Waals surface area contributed by atoms with Gasteiger partial charge in [0.15, 0.2) is 0 Å². The molecular formula is C32H48S2Se. The topological polar surface area (TPSA) is 0 Å². The summed E-state index contributed by atoms with van der Waals surface area (Å²) in [7, 11) is 0. The molecule has 0 atom stereocenters. The molecule has 0 aromatic carbocycles. The van der Waals surface area contributed by atoms with E-state index < -0.39 is 0 Å². The SMILES string of the molecule is CCCCCCCCCCc1ccsc1-c1ccc(-c2sccc2CCCCCCCCCC)[se]1. The third-order valence-electron chi connectivity index (χ3n) is 7.15. The molecule has 0 aliphatic heterocycles. The van der Waals surface area contributed by atoms with Crippen LogP contribution in [0.2, 0.25) is 0 Å². The van der Waals surface area contributed by atoms with Crippen LogP contribution in [0.5, 0.6) is 0 Å². The van der Waals surface area contributed by atoms with Crippen molar-refractivity contribution in [1.29, 1.82) is 0 Å². The average Bonchev–Trinajstić information content (AvgIpc) is 3.63. The summed E-state index contributed by atoms with van der Waals surface area (Å²) in [6.45, 7) is 4.60. The third kappa shape index (κ3) is 10.4. The standard InChI is InChI=1S/C32H48S2Se/c1-3-5-7-9-11-13-15-17-19-27-23-25-33-31(27)29-21-22-30(35-29)32-28(24-26-34-32)20-18-16-14-12-10-8-6-4-2/h21-26H,3-20H2,1-2H3. The summed E-state index contributed by atoms with van der Waals surface area (Å²) in [4.78, 5) is 3.17. The first-order chi connectivity index (χ1) is 17.3. The normalized spacial score (nSPS) is 11.5. The average molecular weight is 576 g/mol. The predicted octanol–water partition coefficient (Wildman–Crippen LogP) is 11.6. The summed E-state index contributed by atoms with van der Waals surface area (Å²) in [6.07, 6.45) is 25.0. The van der Waals surface area contributed by atoms with E-state index in [2.05, 4.69) is 48.9 Å². The van der Waals surface area contributed by atoms with Gasteiger partial charge in [0.2, 0.25) is 0 Å². The van der Waals surface area contributed by atoms with Crippen molar-refractivity contribution < 1.29 is 0 Å². The molecule has 0 bridgehead atoms. The van der Waals surface area contributed by atoms with E-state index in [1.165, 1.54) is 116 Å². The number of hydrogen-bond acceptors (Lipinski definition) is 2. The zero-order chi connectivity index (χ0) is 24.6. The molecule has 0 nitrogen and oxygen atoms in total. The van der Waals surface area contributed by atoms with Crippen molar-refractivity contribution in [2.24, 2.45) is 0 Å². The van der Waals surface area contributed by atoms with Gasteiger partial charge in [0, 0.05) is 0 Å². The van der Waals surface area contributed by atoms with Crippen LogP contribution in [0, 0.1) is 0 Å². The molecule has 0 saturated heterocycles. The molecule has 0 saturated carbocycles.